The maximum atomic E-state index is 15.6. The van der Waals surface area contributed by atoms with Gasteiger partial charge in [0.2, 0.25) is 5.91 Å². The van der Waals surface area contributed by atoms with Crippen LogP contribution in [0.4, 0.5) is 4.39 Å². The average molecular weight is 512 g/mol. The van der Waals surface area contributed by atoms with Crippen molar-refractivity contribution in [2.45, 2.75) is 50.6 Å². The molecule has 1 saturated heterocycles. The molecule has 194 valence electrons. The molecule has 3 saturated carbocycles. The lowest BCUT2D eigenvalue weighted by Crippen LogP contribution is -2.55. The second-order valence-corrected chi connectivity index (χ2v) is 12.0. The zero-order chi connectivity index (χ0) is 25.6. The van der Waals surface area contributed by atoms with Crippen LogP contribution in [0.15, 0.2) is 47.6 Å². The van der Waals surface area contributed by atoms with Crippen LogP contribution in [0.3, 0.4) is 0 Å². The number of nitrogens with zero attached hydrogens (tertiary/aromatic N) is 5. The molecule has 4 fully saturated rings. The summed E-state index contributed by atoms with van der Waals surface area (Å²) in [5, 5.41) is 5.73. The number of hydrogen-bond donors (Lipinski definition) is 0. The molecule has 0 unspecified atom stereocenters. The van der Waals surface area contributed by atoms with Gasteiger partial charge in [0.15, 0.2) is 0 Å². The zero-order valence-electron chi connectivity index (χ0n) is 21.3. The fraction of sp³-hybridized carbons (Fsp3) is 0.467. The van der Waals surface area contributed by atoms with Crippen LogP contribution >= 0.6 is 0 Å². The number of amides is 2. The van der Waals surface area contributed by atoms with E-state index in [1.807, 2.05) is 27.8 Å². The Morgan fingerprint density at radius 3 is 2.45 bits per heavy atom. The molecule has 3 aliphatic carbocycles. The molecule has 1 spiro atoms. The second kappa shape index (κ2) is 7.98. The zero-order valence-corrected chi connectivity index (χ0v) is 21.3. The highest BCUT2D eigenvalue weighted by Gasteiger charge is 2.58. The van der Waals surface area contributed by atoms with Gasteiger partial charge < -0.3 is 4.90 Å². The highest BCUT2D eigenvalue weighted by atomic mass is 19.1. The van der Waals surface area contributed by atoms with Crippen LogP contribution in [-0.2, 0) is 16.1 Å². The van der Waals surface area contributed by atoms with Gasteiger partial charge in [-0.1, -0.05) is 12.1 Å². The van der Waals surface area contributed by atoms with Crippen molar-refractivity contribution in [1.29, 1.82) is 0 Å². The largest absolute Gasteiger partial charge is 0.342 e. The summed E-state index contributed by atoms with van der Waals surface area (Å²) < 4.78 is 17.7. The maximum Gasteiger partial charge on any atom is 0.256 e. The number of aliphatic imine (C=N–C) groups is 1. The number of aromatic nitrogens is 2. The molecule has 2 aliphatic heterocycles. The van der Waals surface area contributed by atoms with E-state index in [4.69, 9.17) is 4.99 Å². The first-order chi connectivity index (χ1) is 18.5. The monoisotopic (exact) mass is 511 g/mol. The van der Waals surface area contributed by atoms with Crippen molar-refractivity contribution in [3.05, 3.63) is 54.0 Å². The first kappa shape index (κ1) is 22.4. The van der Waals surface area contributed by atoms with Crippen LogP contribution < -0.4 is 0 Å². The van der Waals surface area contributed by atoms with Gasteiger partial charge >= 0.3 is 0 Å². The van der Waals surface area contributed by atoms with Crippen LogP contribution in [0, 0.1) is 23.6 Å². The van der Waals surface area contributed by atoms with E-state index in [1.165, 1.54) is 12.8 Å². The standard InChI is InChI=1S/C30H30FN5O2/c31-25-12-22(21-6-8-26-23(11-21)17-35(33-26)15-18-1-2-18)5-7-24(25)27-32-30(9-10-30)29(38)36(27)16-19-13-34(14-19)28(37)20-3-4-20/h5-8,11-12,17-20H,1-4,9-10,13-16H2. The van der Waals surface area contributed by atoms with Crippen LogP contribution in [-0.4, -0.2) is 62.4 Å². The number of carbonyl (C=O) groups is 2. The van der Waals surface area contributed by atoms with E-state index < -0.39 is 5.54 Å². The summed E-state index contributed by atoms with van der Waals surface area (Å²) in [5.41, 5.74) is 2.34. The third kappa shape index (κ3) is 3.76. The molecular weight excluding hydrogens is 481 g/mol. The molecule has 2 aromatic carbocycles. The Morgan fingerprint density at radius 2 is 1.74 bits per heavy atom. The molecule has 3 heterocycles. The van der Waals surface area contributed by atoms with Crippen LogP contribution in [0.25, 0.3) is 22.0 Å². The molecule has 5 aliphatic rings. The Bertz CT molecular complexity index is 1520. The van der Waals surface area contributed by atoms with Crippen LogP contribution in [0.2, 0.25) is 0 Å². The molecule has 0 radical (unpaired) electrons. The smallest absolute Gasteiger partial charge is 0.256 e. The van der Waals surface area contributed by atoms with Gasteiger partial charge in [-0.2, -0.15) is 5.10 Å². The van der Waals surface area contributed by atoms with Gasteiger partial charge in [0.25, 0.3) is 5.91 Å². The summed E-state index contributed by atoms with van der Waals surface area (Å²) in [5.74, 6) is 1.46. The van der Waals surface area contributed by atoms with Crippen molar-refractivity contribution in [2.24, 2.45) is 22.7 Å². The van der Waals surface area contributed by atoms with Gasteiger partial charge in [-0.15, -0.1) is 0 Å². The minimum atomic E-state index is -0.695. The van der Waals surface area contributed by atoms with Crippen molar-refractivity contribution in [1.82, 2.24) is 19.6 Å². The van der Waals surface area contributed by atoms with Gasteiger partial charge in [-0.3, -0.25) is 24.2 Å². The van der Waals surface area contributed by atoms with E-state index >= 15 is 4.39 Å². The number of likely N-dealkylation sites (tertiary alicyclic amines) is 1. The minimum absolute atomic E-state index is 0.0170. The number of hydrogen-bond acceptors (Lipinski definition) is 4. The number of carbonyl (C=O) groups excluding carboxylic acids is 2. The fourth-order valence-electron chi connectivity index (χ4n) is 5.98. The van der Waals surface area contributed by atoms with E-state index in [0.29, 0.717) is 31.0 Å². The molecule has 7 nitrogen and oxygen atoms in total. The molecule has 3 aromatic rings. The average Bonchev–Trinajstić information content (AvgIpc) is 3.75. The highest BCUT2D eigenvalue weighted by molar-refractivity contribution is 6.16. The quantitative estimate of drug-likeness (QED) is 0.476. The highest BCUT2D eigenvalue weighted by Crippen LogP contribution is 2.46. The molecule has 8 rings (SSSR count). The molecule has 2 amide bonds. The van der Waals surface area contributed by atoms with Gasteiger partial charge in [0.05, 0.1) is 11.1 Å². The van der Waals surface area contributed by atoms with Crippen molar-refractivity contribution >= 4 is 28.6 Å². The third-order valence-electron chi connectivity index (χ3n) is 8.82. The van der Waals surface area contributed by atoms with Crippen molar-refractivity contribution in [3.63, 3.8) is 0 Å². The summed E-state index contributed by atoms with van der Waals surface area (Å²) in [6, 6.07) is 11.3. The number of halogens is 1. The number of amidine groups is 1. The van der Waals surface area contributed by atoms with Crippen LogP contribution in [0.5, 0.6) is 0 Å². The minimum Gasteiger partial charge on any atom is -0.342 e. The lowest BCUT2D eigenvalue weighted by Gasteiger charge is -2.41. The summed E-state index contributed by atoms with van der Waals surface area (Å²) in [7, 11) is 0. The van der Waals surface area contributed by atoms with Crippen molar-refractivity contribution in [3.8, 4) is 11.1 Å². The molecule has 38 heavy (non-hydrogen) atoms. The summed E-state index contributed by atoms with van der Waals surface area (Å²) in [6.07, 6.45) is 8.07. The topological polar surface area (TPSA) is 70.8 Å². The molecule has 0 atom stereocenters. The van der Waals surface area contributed by atoms with Crippen molar-refractivity contribution in [2.75, 3.05) is 19.6 Å². The predicted molar refractivity (Wildman–Crippen MR) is 141 cm³/mol. The Labute approximate surface area is 220 Å². The van der Waals surface area contributed by atoms with E-state index in [-0.39, 0.29) is 29.5 Å². The normalized spacial score (nSPS) is 22.3. The van der Waals surface area contributed by atoms with E-state index in [2.05, 4.69) is 17.4 Å². The molecule has 8 heteroatoms. The third-order valence-corrected chi connectivity index (χ3v) is 8.82. The Morgan fingerprint density at radius 1 is 0.974 bits per heavy atom. The molecule has 1 aromatic heterocycles. The molecule has 0 N–H and O–H groups in total. The van der Waals surface area contributed by atoms with Crippen LogP contribution in [0.1, 0.15) is 44.1 Å². The predicted octanol–water partition coefficient (Wildman–Crippen LogP) is 4.24. The van der Waals surface area contributed by atoms with E-state index in [0.717, 1.165) is 60.2 Å². The van der Waals surface area contributed by atoms with E-state index in [9.17, 15) is 9.59 Å². The first-order valence-corrected chi connectivity index (χ1v) is 13.9. The Hall–Kier alpha value is -3.55. The number of fused-ring (bicyclic) bond motifs is 1. The summed E-state index contributed by atoms with van der Waals surface area (Å²) in [4.78, 5) is 33.9. The lowest BCUT2D eigenvalue weighted by atomic mass is 9.97. The van der Waals surface area contributed by atoms with Gasteiger partial charge in [-0.25, -0.2) is 4.39 Å². The lowest BCUT2D eigenvalue weighted by molar-refractivity contribution is -0.139. The molecular formula is C30H30FN5O2. The molecule has 0 bridgehead atoms. The fourth-order valence-corrected chi connectivity index (χ4v) is 5.98. The number of benzene rings is 2. The van der Waals surface area contributed by atoms with Gasteiger partial charge in [0, 0.05) is 49.6 Å². The Balaban J connectivity index is 1.03. The van der Waals surface area contributed by atoms with Gasteiger partial charge in [0.1, 0.15) is 17.2 Å². The summed E-state index contributed by atoms with van der Waals surface area (Å²) >= 11 is 0. The maximum absolute atomic E-state index is 15.6. The summed E-state index contributed by atoms with van der Waals surface area (Å²) in [6.45, 7) is 2.78. The van der Waals surface area contributed by atoms with Gasteiger partial charge in [-0.05, 0) is 79.8 Å². The number of rotatable bonds is 7. The van der Waals surface area contributed by atoms with E-state index in [1.54, 1.807) is 17.0 Å². The van der Waals surface area contributed by atoms with Crippen molar-refractivity contribution < 1.29 is 14.0 Å². The first-order valence-electron chi connectivity index (χ1n) is 13.9. The second-order valence-electron chi connectivity index (χ2n) is 12.0. The SMILES string of the molecule is O=C(C1CC1)N1CC(CN2C(=O)C3(CC3)N=C2c2ccc(-c3ccc4nn(CC5CC5)cc4c3)cc2F)C1. The Kier molecular flexibility index (Phi) is 4.71.